The summed E-state index contributed by atoms with van der Waals surface area (Å²) in [4.78, 5) is 40.7. The Balaban J connectivity index is 1.61. The van der Waals surface area contributed by atoms with Crippen LogP contribution in [0.1, 0.15) is 35.9 Å². The Morgan fingerprint density at radius 1 is 1.14 bits per heavy atom. The summed E-state index contributed by atoms with van der Waals surface area (Å²) >= 11 is 0. The standard InChI is InChI=1S/C23H28F3N5O5/c1-4-35-22(34)30-10-8-29(9-11-30)21(33)16(3)31-13-19(15(2)28-31)27-20(32)17-6-5-7-18(12-17)36-14-23(24,25)26/h5-7,12-13,16H,4,8-11,14H2,1-3H3,(H,27,32). The first-order chi connectivity index (χ1) is 17.0. The minimum absolute atomic E-state index is 0.0883. The van der Waals surface area contributed by atoms with E-state index in [2.05, 4.69) is 10.4 Å². The fourth-order valence-corrected chi connectivity index (χ4v) is 3.59. The molecule has 1 aromatic carbocycles. The molecule has 0 saturated carbocycles. The Kier molecular flexibility index (Phi) is 8.43. The Morgan fingerprint density at radius 3 is 2.44 bits per heavy atom. The van der Waals surface area contributed by atoms with Gasteiger partial charge in [0.05, 0.1) is 18.0 Å². The lowest BCUT2D eigenvalue weighted by atomic mass is 10.2. The van der Waals surface area contributed by atoms with E-state index in [1.54, 1.807) is 30.6 Å². The molecule has 13 heteroatoms. The summed E-state index contributed by atoms with van der Waals surface area (Å²) in [6, 6.07) is 4.73. The highest BCUT2D eigenvalue weighted by Gasteiger charge is 2.30. The normalized spacial score (nSPS) is 14.8. The summed E-state index contributed by atoms with van der Waals surface area (Å²) in [7, 11) is 0. The van der Waals surface area contributed by atoms with E-state index in [9.17, 15) is 27.6 Å². The van der Waals surface area contributed by atoms with Gasteiger partial charge in [-0.3, -0.25) is 14.3 Å². The molecule has 1 aromatic heterocycles. The summed E-state index contributed by atoms with van der Waals surface area (Å²) in [5, 5.41) is 7.00. The highest BCUT2D eigenvalue weighted by molar-refractivity contribution is 6.04. The number of halogens is 3. The first-order valence-electron chi connectivity index (χ1n) is 11.4. The van der Waals surface area contributed by atoms with Crippen molar-refractivity contribution in [2.45, 2.75) is 33.0 Å². The molecular weight excluding hydrogens is 483 g/mol. The lowest BCUT2D eigenvalue weighted by molar-refractivity contribution is -0.153. The maximum atomic E-state index is 13.0. The molecule has 2 heterocycles. The van der Waals surface area contributed by atoms with E-state index in [1.165, 1.54) is 35.1 Å². The third kappa shape index (κ3) is 6.89. The zero-order valence-electron chi connectivity index (χ0n) is 20.2. The van der Waals surface area contributed by atoms with Gasteiger partial charge in [0, 0.05) is 37.9 Å². The van der Waals surface area contributed by atoms with Crippen LogP contribution in [0.2, 0.25) is 0 Å². The molecule has 3 rings (SSSR count). The number of carbonyl (C=O) groups is 3. The number of carbonyl (C=O) groups excluding carboxylic acids is 3. The van der Waals surface area contributed by atoms with Crippen LogP contribution in [0.25, 0.3) is 0 Å². The number of amides is 3. The van der Waals surface area contributed by atoms with Crippen molar-refractivity contribution in [3.05, 3.63) is 41.7 Å². The highest BCUT2D eigenvalue weighted by Crippen LogP contribution is 2.22. The van der Waals surface area contributed by atoms with Crippen LogP contribution in [-0.4, -0.2) is 83.1 Å². The zero-order chi connectivity index (χ0) is 26.5. The molecule has 1 aliphatic heterocycles. The second-order valence-electron chi connectivity index (χ2n) is 8.18. The van der Waals surface area contributed by atoms with Crippen molar-refractivity contribution in [3.8, 4) is 5.75 Å². The van der Waals surface area contributed by atoms with Crippen LogP contribution in [0.5, 0.6) is 5.75 Å². The van der Waals surface area contributed by atoms with Crippen molar-refractivity contribution in [1.82, 2.24) is 19.6 Å². The van der Waals surface area contributed by atoms with Gasteiger partial charge in [0.25, 0.3) is 5.91 Å². The van der Waals surface area contributed by atoms with Gasteiger partial charge in [-0.2, -0.15) is 18.3 Å². The van der Waals surface area contributed by atoms with Crippen LogP contribution in [0, 0.1) is 6.92 Å². The molecule has 1 N–H and O–H groups in total. The molecular formula is C23H28F3N5O5. The molecule has 0 aliphatic carbocycles. The van der Waals surface area contributed by atoms with E-state index >= 15 is 0 Å². The summed E-state index contributed by atoms with van der Waals surface area (Å²) < 4.78 is 48.3. The van der Waals surface area contributed by atoms with Gasteiger partial charge in [-0.05, 0) is 39.0 Å². The molecule has 0 spiro atoms. The average Bonchev–Trinajstić information content (AvgIpc) is 3.21. The first kappa shape index (κ1) is 26.8. The number of nitrogens with zero attached hydrogens (tertiary/aromatic N) is 4. The zero-order valence-corrected chi connectivity index (χ0v) is 20.2. The molecule has 1 saturated heterocycles. The number of hydrogen-bond donors (Lipinski definition) is 1. The average molecular weight is 512 g/mol. The molecule has 1 aliphatic rings. The van der Waals surface area contributed by atoms with Crippen LogP contribution >= 0.6 is 0 Å². The van der Waals surface area contributed by atoms with Crippen LogP contribution in [-0.2, 0) is 9.53 Å². The molecule has 1 atom stereocenters. The van der Waals surface area contributed by atoms with Crippen LogP contribution < -0.4 is 10.1 Å². The van der Waals surface area contributed by atoms with E-state index < -0.39 is 30.8 Å². The van der Waals surface area contributed by atoms with Crippen molar-refractivity contribution >= 4 is 23.6 Å². The number of ether oxygens (including phenoxy) is 2. The third-order valence-electron chi connectivity index (χ3n) is 5.54. The summed E-state index contributed by atoms with van der Waals surface area (Å²) in [6.07, 6.45) is -3.38. The molecule has 1 unspecified atom stereocenters. The van der Waals surface area contributed by atoms with E-state index in [0.717, 1.165) is 0 Å². The number of hydrogen-bond acceptors (Lipinski definition) is 6. The number of anilines is 1. The van der Waals surface area contributed by atoms with Crippen molar-refractivity contribution < 1.29 is 37.0 Å². The maximum Gasteiger partial charge on any atom is 0.422 e. The predicted molar refractivity (Wildman–Crippen MR) is 123 cm³/mol. The smallest absolute Gasteiger partial charge is 0.422 e. The number of aryl methyl sites for hydroxylation is 1. The van der Waals surface area contributed by atoms with Gasteiger partial charge < -0.3 is 24.6 Å². The summed E-state index contributed by atoms with van der Waals surface area (Å²) in [5.41, 5.74) is 0.915. The molecule has 196 valence electrons. The maximum absolute atomic E-state index is 13.0. The van der Waals surface area contributed by atoms with Crippen molar-refractivity contribution in [3.63, 3.8) is 0 Å². The number of rotatable bonds is 7. The van der Waals surface area contributed by atoms with Gasteiger partial charge in [0.1, 0.15) is 11.8 Å². The van der Waals surface area contributed by atoms with Gasteiger partial charge in [0.2, 0.25) is 5.91 Å². The minimum Gasteiger partial charge on any atom is -0.484 e. The lowest BCUT2D eigenvalue weighted by Crippen LogP contribution is -2.52. The van der Waals surface area contributed by atoms with E-state index in [1.807, 2.05) is 0 Å². The fourth-order valence-electron chi connectivity index (χ4n) is 3.59. The first-order valence-corrected chi connectivity index (χ1v) is 11.4. The van der Waals surface area contributed by atoms with Gasteiger partial charge in [-0.25, -0.2) is 4.79 Å². The van der Waals surface area contributed by atoms with Gasteiger partial charge in [-0.1, -0.05) is 6.07 Å². The van der Waals surface area contributed by atoms with Crippen molar-refractivity contribution in [1.29, 1.82) is 0 Å². The van der Waals surface area contributed by atoms with Crippen LogP contribution in [0.3, 0.4) is 0 Å². The van der Waals surface area contributed by atoms with Crippen molar-refractivity contribution in [2.75, 3.05) is 44.7 Å². The third-order valence-corrected chi connectivity index (χ3v) is 5.54. The Morgan fingerprint density at radius 2 is 1.81 bits per heavy atom. The summed E-state index contributed by atoms with van der Waals surface area (Å²) in [5.74, 6) is -0.841. The number of alkyl halides is 3. The molecule has 3 amide bonds. The number of aromatic nitrogens is 2. The summed E-state index contributed by atoms with van der Waals surface area (Å²) in [6.45, 7) is 5.33. The quantitative estimate of drug-likeness (QED) is 0.612. The molecule has 36 heavy (non-hydrogen) atoms. The fraction of sp³-hybridized carbons (Fsp3) is 0.478. The van der Waals surface area contributed by atoms with Gasteiger partial charge in [0.15, 0.2) is 6.61 Å². The second-order valence-corrected chi connectivity index (χ2v) is 8.18. The molecule has 2 aromatic rings. The molecule has 0 bridgehead atoms. The largest absolute Gasteiger partial charge is 0.484 e. The molecule has 1 fully saturated rings. The highest BCUT2D eigenvalue weighted by atomic mass is 19.4. The Labute approximate surface area is 205 Å². The lowest BCUT2D eigenvalue weighted by Gasteiger charge is -2.35. The number of piperazine rings is 1. The second kappa shape index (κ2) is 11.3. The topological polar surface area (TPSA) is 106 Å². The van der Waals surface area contributed by atoms with Gasteiger partial charge >= 0.3 is 12.3 Å². The van der Waals surface area contributed by atoms with Crippen LogP contribution in [0.15, 0.2) is 30.5 Å². The predicted octanol–water partition coefficient (Wildman–Crippen LogP) is 3.25. The molecule has 0 radical (unpaired) electrons. The Bertz CT molecular complexity index is 1100. The number of nitrogens with one attached hydrogen (secondary N) is 1. The van der Waals surface area contributed by atoms with Crippen LogP contribution in [0.4, 0.5) is 23.7 Å². The van der Waals surface area contributed by atoms with E-state index in [4.69, 9.17) is 9.47 Å². The monoisotopic (exact) mass is 511 g/mol. The van der Waals surface area contributed by atoms with E-state index in [0.29, 0.717) is 37.6 Å². The Hall–Kier alpha value is -3.77. The van der Waals surface area contributed by atoms with E-state index in [-0.39, 0.29) is 23.8 Å². The SMILES string of the molecule is CCOC(=O)N1CCN(C(=O)C(C)n2cc(NC(=O)c3cccc(OCC(F)(F)F)c3)c(C)n2)CC1. The van der Waals surface area contributed by atoms with Crippen molar-refractivity contribution in [2.24, 2.45) is 0 Å². The number of benzene rings is 1. The van der Waals surface area contributed by atoms with Gasteiger partial charge in [-0.15, -0.1) is 0 Å². The molecule has 10 nitrogen and oxygen atoms in total. The minimum atomic E-state index is -4.49.